The summed E-state index contributed by atoms with van der Waals surface area (Å²) in [4.78, 5) is 4.41. The van der Waals surface area contributed by atoms with Crippen LogP contribution in [0.4, 0.5) is 5.82 Å². The number of nitrogen functional groups attached to an aromatic ring is 1. The first kappa shape index (κ1) is 15.7. The molecule has 0 radical (unpaired) electrons. The SMILES string of the molecule is CC(C)CCCNS(=O)(=O)c1ccc2nc(N)ccc2c1. The van der Waals surface area contributed by atoms with Crippen molar-refractivity contribution >= 4 is 26.7 Å². The molecule has 0 bridgehead atoms. The number of nitrogens with one attached hydrogen (secondary N) is 1. The van der Waals surface area contributed by atoms with E-state index in [1.54, 1.807) is 30.3 Å². The van der Waals surface area contributed by atoms with Crippen molar-refractivity contribution in [2.75, 3.05) is 12.3 Å². The Balaban J connectivity index is 2.14. The van der Waals surface area contributed by atoms with Crippen LogP contribution in [0.15, 0.2) is 35.2 Å². The van der Waals surface area contributed by atoms with Crippen LogP contribution in [-0.2, 0) is 10.0 Å². The molecule has 2 aromatic rings. The Bertz CT molecular complexity index is 727. The molecule has 1 heterocycles. The lowest BCUT2D eigenvalue weighted by Gasteiger charge is -2.09. The first-order valence-corrected chi connectivity index (χ1v) is 8.53. The highest BCUT2D eigenvalue weighted by Crippen LogP contribution is 2.18. The van der Waals surface area contributed by atoms with E-state index in [1.807, 2.05) is 0 Å². The number of rotatable bonds is 6. The van der Waals surface area contributed by atoms with Crippen molar-refractivity contribution in [3.63, 3.8) is 0 Å². The van der Waals surface area contributed by atoms with E-state index in [0.717, 1.165) is 18.2 Å². The van der Waals surface area contributed by atoms with Gasteiger partial charge in [-0.15, -0.1) is 0 Å². The van der Waals surface area contributed by atoms with E-state index in [1.165, 1.54) is 0 Å². The molecule has 0 aliphatic carbocycles. The summed E-state index contributed by atoms with van der Waals surface area (Å²) in [6, 6.07) is 8.28. The van der Waals surface area contributed by atoms with Gasteiger partial charge in [0.1, 0.15) is 5.82 Å². The van der Waals surface area contributed by atoms with Crippen LogP contribution in [0, 0.1) is 5.92 Å². The number of anilines is 1. The maximum Gasteiger partial charge on any atom is 0.240 e. The average Bonchev–Trinajstić information content (AvgIpc) is 2.43. The molecule has 0 aliphatic rings. The summed E-state index contributed by atoms with van der Waals surface area (Å²) in [6.07, 6.45) is 1.84. The van der Waals surface area contributed by atoms with Crippen molar-refractivity contribution in [2.45, 2.75) is 31.6 Å². The molecule has 6 heteroatoms. The minimum atomic E-state index is -3.47. The van der Waals surface area contributed by atoms with Gasteiger partial charge in [0.15, 0.2) is 0 Å². The Morgan fingerprint density at radius 2 is 2.00 bits per heavy atom. The number of aromatic nitrogens is 1. The molecular weight excluding hydrogens is 286 g/mol. The van der Waals surface area contributed by atoms with Gasteiger partial charge in [0, 0.05) is 11.9 Å². The predicted molar refractivity (Wildman–Crippen MR) is 85.4 cm³/mol. The van der Waals surface area contributed by atoms with Crippen molar-refractivity contribution < 1.29 is 8.42 Å². The molecule has 0 amide bonds. The number of fused-ring (bicyclic) bond motifs is 1. The minimum absolute atomic E-state index is 0.256. The number of nitrogens with zero attached hydrogens (tertiary/aromatic N) is 1. The van der Waals surface area contributed by atoms with Crippen LogP contribution in [0.5, 0.6) is 0 Å². The number of hydrogen-bond donors (Lipinski definition) is 2. The molecule has 1 aromatic heterocycles. The highest BCUT2D eigenvalue weighted by molar-refractivity contribution is 7.89. The van der Waals surface area contributed by atoms with Crippen molar-refractivity contribution in [1.82, 2.24) is 9.71 Å². The van der Waals surface area contributed by atoms with Gasteiger partial charge in [-0.05, 0) is 49.1 Å². The van der Waals surface area contributed by atoms with Crippen LogP contribution in [0.25, 0.3) is 10.9 Å². The predicted octanol–water partition coefficient (Wildman–Crippen LogP) is 2.53. The molecule has 1 aromatic carbocycles. The maximum atomic E-state index is 12.2. The first-order valence-electron chi connectivity index (χ1n) is 7.04. The molecule has 0 aliphatic heterocycles. The summed E-state index contributed by atoms with van der Waals surface area (Å²) in [5.74, 6) is 0.997. The average molecular weight is 307 g/mol. The highest BCUT2D eigenvalue weighted by Gasteiger charge is 2.14. The fraction of sp³-hybridized carbons (Fsp3) is 0.400. The largest absolute Gasteiger partial charge is 0.384 e. The van der Waals surface area contributed by atoms with Gasteiger partial charge >= 0.3 is 0 Å². The maximum absolute atomic E-state index is 12.2. The number of nitrogens with two attached hydrogens (primary N) is 1. The Kier molecular flexibility index (Phi) is 4.80. The highest BCUT2D eigenvalue weighted by atomic mass is 32.2. The smallest absolute Gasteiger partial charge is 0.240 e. The molecule has 0 atom stereocenters. The number of pyridine rings is 1. The summed E-state index contributed by atoms with van der Waals surface area (Å²) in [6.45, 7) is 4.70. The lowest BCUT2D eigenvalue weighted by atomic mass is 10.1. The molecule has 0 fully saturated rings. The van der Waals surface area contributed by atoms with Crippen LogP contribution in [0.3, 0.4) is 0 Å². The lowest BCUT2D eigenvalue weighted by Crippen LogP contribution is -2.25. The zero-order valence-electron chi connectivity index (χ0n) is 12.3. The van der Waals surface area contributed by atoms with E-state index < -0.39 is 10.0 Å². The fourth-order valence-electron chi connectivity index (χ4n) is 2.09. The third-order valence-electron chi connectivity index (χ3n) is 3.24. The molecule has 3 N–H and O–H groups in total. The van der Waals surface area contributed by atoms with Gasteiger partial charge in [-0.25, -0.2) is 18.1 Å². The van der Waals surface area contributed by atoms with Gasteiger partial charge in [0.2, 0.25) is 10.0 Å². The second-order valence-corrected chi connectivity index (χ2v) is 7.29. The molecular formula is C15H21N3O2S. The van der Waals surface area contributed by atoms with Crippen molar-refractivity contribution in [3.8, 4) is 0 Å². The third kappa shape index (κ3) is 4.15. The first-order chi connectivity index (χ1) is 9.88. The molecule has 0 saturated heterocycles. The van der Waals surface area contributed by atoms with Crippen molar-refractivity contribution in [3.05, 3.63) is 30.3 Å². The Labute approximate surface area is 125 Å². The van der Waals surface area contributed by atoms with Crippen LogP contribution >= 0.6 is 0 Å². The van der Waals surface area contributed by atoms with E-state index in [4.69, 9.17) is 5.73 Å². The molecule has 5 nitrogen and oxygen atoms in total. The van der Waals surface area contributed by atoms with Gasteiger partial charge in [0.25, 0.3) is 0 Å². The Morgan fingerprint density at radius 3 is 2.71 bits per heavy atom. The summed E-state index contributed by atoms with van der Waals surface area (Å²) in [7, 11) is -3.47. The number of hydrogen-bond acceptors (Lipinski definition) is 4. The molecule has 0 saturated carbocycles. The molecule has 0 spiro atoms. The van der Waals surface area contributed by atoms with E-state index >= 15 is 0 Å². The zero-order chi connectivity index (χ0) is 15.5. The second kappa shape index (κ2) is 6.41. The van der Waals surface area contributed by atoms with E-state index in [-0.39, 0.29) is 4.90 Å². The van der Waals surface area contributed by atoms with Crippen molar-refractivity contribution in [1.29, 1.82) is 0 Å². The molecule has 114 valence electrons. The molecule has 2 rings (SSSR count). The summed E-state index contributed by atoms with van der Waals surface area (Å²) in [5.41, 5.74) is 6.30. The third-order valence-corrected chi connectivity index (χ3v) is 4.70. The molecule has 0 unspecified atom stereocenters. The number of benzene rings is 1. The topological polar surface area (TPSA) is 85.1 Å². The summed E-state index contributed by atoms with van der Waals surface area (Å²) in [5, 5.41) is 0.759. The van der Waals surface area contributed by atoms with E-state index in [0.29, 0.717) is 23.8 Å². The summed E-state index contributed by atoms with van der Waals surface area (Å²) < 4.78 is 27.1. The Morgan fingerprint density at radius 1 is 1.24 bits per heavy atom. The van der Waals surface area contributed by atoms with Crippen LogP contribution < -0.4 is 10.5 Å². The lowest BCUT2D eigenvalue weighted by molar-refractivity contribution is 0.540. The van der Waals surface area contributed by atoms with Crippen LogP contribution in [-0.4, -0.2) is 19.9 Å². The van der Waals surface area contributed by atoms with Crippen LogP contribution in [0.1, 0.15) is 26.7 Å². The fourth-order valence-corrected chi connectivity index (χ4v) is 3.20. The quantitative estimate of drug-likeness (QED) is 0.803. The van der Waals surface area contributed by atoms with Gasteiger partial charge in [0.05, 0.1) is 10.4 Å². The van der Waals surface area contributed by atoms with E-state index in [9.17, 15) is 8.42 Å². The second-order valence-electron chi connectivity index (χ2n) is 5.52. The minimum Gasteiger partial charge on any atom is -0.384 e. The summed E-state index contributed by atoms with van der Waals surface area (Å²) >= 11 is 0. The van der Waals surface area contributed by atoms with Crippen molar-refractivity contribution in [2.24, 2.45) is 5.92 Å². The monoisotopic (exact) mass is 307 g/mol. The normalized spacial score (nSPS) is 12.1. The molecule has 21 heavy (non-hydrogen) atoms. The standard InChI is InChI=1S/C15H21N3O2S/c1-11(2)4-3-9-17-21(19,20)13-6-7-14-12(10-13)5-8-15(16)18-14/h5-8,10-11,17H,3-4,9H2,1-2H3,(H2,16,18). The van der Waals surface area contributed by atoms with E-state index in [2.05, 4.69) is 23.6 Å². The van der Waals surface area contributed by atoms with Gasteiger partial charge in [-0.3, -0.25) is 0 Å². The Hall–Kier alpha value is -1.66. The van der Waals surface area contributed by atoms with Crippen LogP contribution in [0.2, 0.25) is 0 Å². The van der Waals surface area contributed by atoms with Gasteiger partial charge in [-0.2, -0.15) is 0 Å². The van der Waals surface area contributed by atoms with Gasteiger partial charge in [-0.1, -0.05) is 13.8 Å². The van der Waals surface area contributed by atoms with Gasteiger partial charge < -0.3 is 5.73 Å². The zero-order valence-corrected chi connectivity index (χ0v) is 13.2. The number of sulfonamides is 1.